The first-order valence-electron chi connectivity index (χ1n) is 9.72. The van der Waals surface area contributed by atoms with Gasteiger partial charge in [-0.25, -0.2) is 8.42 Å². The molecular weight excluding hydrogens is 408 g/mol. The summed E-state index contributed by atoms with van der Waals surface area (Å²) in [6, 6.07) is 9.39. The first-order chi connectivity index (χ1) is 14.2. The fourth-order valence-electron chi connectivity index (χ4n) is 3.43. The molecule has 0 spiro atoms. The second kappa shape index (κ2) is 7.39. The second-order valence-electron chi connectivity index (χ2n) is 7.82. The van der Waals surface area contributed by atoms with Crippen LogP contribution in [0, 0.1) is 5.41 Å². The zero-order valence-corrected chi connectivity index (χ0v) is 17.9. The number of carbonyl (C=O) groups excluding carboxylic acids is 1. The number of fused-ring (bicyclic) bond motifs is 2. The van der Waals surface area contributed by atoms with Gasteiger partial charge >= 0.3 is 0 Å². The zero-order valence-electron chi connectivity index (χ0n) is 17.1. The smallest absolute Gasteiger partial charge is 0.262 e. The highest BCUT2D eigenvalue weighted by molar-refractivity contribution is 7.92. The molecule has 8 nitrogen and oxygen atoms in total. The van der Waals surface area contributed by atoms with Gasteiger partial charge in [0.05, 0.1) is 21.7 Å². The lowest BCUT2D eigenvalue weighted by Gasteiger charge is -2.27. The van der Waals surface area contributed by atoms with Crippen molar-refractivity contribution in [3.8, 4) is 17.2 Å². The number of amides is 1. The molecule has 2 aromatic carbocycles. The van der Waals surface area contributed by atoms with E-state index in [0.29, 0.717) is 48.4 Å². The number of hydrogen-bond acceptors (Lipinski definition) is 6. The summed E-state index contributed by atoms with van der Waals surface area (Å²) in [5.74, 6) is 1.38. The minimum absolute atomic E-state index is 0.0579. The molecule has 0 aliphatic carbocycles. The molecular formula is C21H24N2O6S. The molecule has 9 heteroatoms. The second-order valence-corrected chi connectivity index (χ2v) is 9.50. The number of ether oxygens (including phenoxy) is 3. The summed E-state index contributed by atoms with van der Waals surface area (Å²) in [6.45, 7) is 7.01. The summed E-state index contributed by atoms with van der Waals surface area (Å²) < 4.78 is 45.2. The van der Waals surface area contributed by atoms with Gasteiger partial charge in [0.1, 0.15) is 25.6 Å². The summed E-state index contributed by atoms with van der Waals surface area (Å²) in [6.07, 6.45) is 0. The lowest BCUT2D eigenvalue weighted by atomic mass is 9.93. The van der Waals surface area contributed by atoms with Gasteiger partial charge < -0.3 is 19.1 Å². The predicted molar refractivity (Wildman–Crippen MR) is 112 cm³/mol. The predicted octanol–water partition coefficient (Wildman–Crippen LogP) is 3.03. The minimum atomic E-state index is -3.87. The summed E-state index contributed by atoms with van der Waals surface area (Å²) >= 11 is 0. The van der Waals surface area contributed by atoms with Crippen LogP contribution in [0.5, 0.6) is 17.2 Å². The molecule has 2 heterocycles. The van der Waals surface area contributed by atoms with Crippen molar-refractivity contribution in [1.29, 1.82) is 0 Å². The highest BCUT2D eigenvalue weighted by Gasteiger charge is 2.37. The van der Waals surface area contributed by atoms with Gasteiger partial charge in [-0.15, -0.1) is 0 Å². The standard InChI is InChI=1S/C21H24N2O6S/c1-4-23-16-11-14(5-7-17(16)29-13-21(2,3)20(23)24)22-30(25,26)15-6-8-18-19(12-15)28-10-9-27-18/h5-8,11-12,22H,4,9-10,13H2,1-3H3. The van der Waals surface area contributed by atoms with Crippen molar-refractivity contribution < 1.29 is 27.4 Å². The summed E-state index contributed by atoms with van der Waals surface area (Å²) in [5, 5.41) is 0. The molecule has 4 rings (SSSR count). The monoisotopic (exact) mass is 432 g/mol. The Kier molecular flexibility index (Phi) is 5.01. The molecule has 160 valence electrons. The molecule has 0 bridgehead atoms. The van der Waals surface area contributed by atoms with Crippen LogP contribution in [0.4, 0.5) is 11.4 Å². The average molecular weight is 432 g/mol. The van der Waals surface area contributed by atoms with E-state index < -0.39 is 15.4 Å². The van der Waals surface area contributed by atoms with Crippen molar-refractivity contribution in [3.63, 3.8) is 0 Å². The first kappa shape index (κ1) is 20.3. The van der Waals surface area contributed by atoms with Crippen LogP contribution in [0.3, 0.4) is 0 Å². The van der Waals surface area contributed by atoms with E-state index in [1.165, 1.54) is 12.1 Å². The van der Waals surface area contributed by atoms with Crippen molar-refractivity contribution in [1.82, 2.24) is 0 Å². The van der Waals surface area contributed by atoms with Gasteiger partial charge in [-0.05, 0) is 51.1 Å². The lowest BCUT2D eigenvalue weighted by Crippen LogP contribution is -2.42. The van der Waals surface area contributed by atoms with E-state index in [4.69, 9.17) is 14.2 Å². The van der Waals surface area contributed by atoms with Crippen molar-refractivity contribution in [2.75, 3.05) is 36.0 Å². The van der Waals surface area contributed by atoms with Crippen LogP contribution in [0.1, 0.15) is 20.8 Å². The number of anilines is 2. The minimum Gasteiger partial charge on any atom is -0.490 e. The quantitative estimate of drug-likeness (QED) is 0.798. The van der Waals surface area contributed by atoms with Gasteiger partial charge in [-0.2, -0.15) is 0 Å². The molecule has 2 aliphatic rings. The Hall–Kier alpha value is -2.94. The molecule has 1 N–H and O–H groups in total. The van der Waals surface area contributed by atoms with E-state index in [0.717, 1.165) is 0 Å². The van der Waals surface area contributed by atoms with Crippen LogP contribution in [0.15, 0.2) is 41.3 Å². The number of nitrogens with one attached hydrogen (secondary N) is 1. The van der Waals surface area contributed by atoms with Gasteiger partial charge in [0.15, 0.2) is 11.5 Å². The highest BCUT2D eigenvalue weighted by atomic mass is 32.2. The Morgan fingerprint density at radius 3 is 2.43 bits per heavy atom. The number of sulfonamides is 1. The van der Waals surface area contributed by atoms with Crippen molar-refractivity contribution in [2.45, 2.75) is 25.7 Å². The number of benzene rings is 2. The molecule has 2 aliphatic heterocycles. The molecule has 2 aromatic rings. The summed E-state index contributed by atoms with van der Waals surface area (Å²) in [5.41, 5.74) is 0.188. The molecule has 0 aromatic heterocycles. The number of nitrogens with zero attached hydrogens (tertiary/aromatic N) is 1. The maximum atomic E-state index is 12.9. The van der Waals surface area contributed by atoms with Crippen molar-refractivity contribution >= 4 is 27.3 Å². The summed E-state index contributed by atoms with van der Waals surface area (Å²) in [7, 11) is -3.87. The van der Waals surface area contributed by atoms with Gasteiger partial charge in [0.25, 0.3) is 10.0 Å². The van der Waals surface area contributed by atoms with E-state index >= 15 is 0 Å². The zero-order chi connectivity index (χ0) is 21.5. The van der Waals surface area contributed by atoms with Crippen molar-refractivity contribution in [3.05, 3.63) is 36.4 Å². The Balaban J connectivity index is 1.65. The molecule has 0 unspecified atom stereocenters. The van der Waals surface area contributed by atoms with Gasteiger partial charge in [-0.3, -0.25) is 9.52 Å². The number of carbonyl (C=O) groups is 1. The Morgan fingerprint density at radius 2 is 1.70 bits per heavy atom. The molecule has 30 heavy (non-hydrogen) atoms. The highest BCUT2D eigenvalue weighted by Crippen LogP contribution is 2.39. The van der Waals surface area contributed by atoms with Crippen LogP contribution < -0.4 is 23.8 Å². The average Bonchev–Trinajstić information content (AvgIpc) is 2.81. The topological polar surface area (TPSA) is 94.2 Å². The van der Waals surface area contributed by atoms with Gasteiger partial charge in [-0.1, -0.05) is 0 Å². The molecule has 0 atom stereocenters. The Labute approximate surface area is 175 Å². The third-order valence-corrected chi connectivity index (χ3v) is 6.43. The molecule has 0 fully saturated rings. The summed E-state index contributed by atoms with van der Waals surface area (Å²) in [4.78, 5) is 14.6. The molecule has 0 radical (unpaired) electrons. The van der Waals surface area contributed by atoms with Gasteiger partial charge in [0.2, 0.25) is 5.91 Å². The maximum absolute atomic E-state index is 12.9. The first-order valence-corrected chi connectivity index (χ1v) is 11.2. The fourth-order valence-corrected chi connectivity index (χ4v) is 4.49. The number of rotatable bonds is 4. The third kappa shape index (κ3) is 3.65. The largest absolute Gasteiger partial charge is 0.490 e. The van der Waals surface area contributed by atoms with Crippen LogP contribution >= 0.6 is 0 Å². The van der Waals surface area contributed by atoms with Crippen LogP contribution in [-0.2, 0) is 14.8 Å². The van der Waals surface area contributed by atoms with Crippen LogP contribution in [-0.4, -0.2) is 40.7 Å². The van der Waals surface area contributed by atoms with Crippen LogP contribution in [0.25, 0.3) is 0 Å². The van der Waals surface area contributed by atoms with E-state index in [9.17, 15) is 13.2 Å². The number of hydrogen-bond donors (Lipinski definition) is 1. The molecule has 1 amide bonds. The van der Waals surface area contributed by atoms with E-state index in [1.54, 1.807) is 29.2 Å². The maximum Gasteiger partial charge on any atom is 0.262 e. The van der Waals surface area contributed by atoms with Crippen LogP contribution in [0.2, 0.25) is 0 Å². The fraction of sp³-hybridized carbons (Fsp3) is 0.381. The van der Waals surface area contributed by atoms with E-state index in [1.807, 2.05) is 20.8 Å². The van der Waals surface area contributed by atoms with E-state index in [2.05, 4.69) is 4.72 Å². The molecule has 0 saturated heterocycles. The third-order valence-electron chi connectivity index (χ3n) is 5.05. The normalized spacial score (nSPS) is 17.6. The van der Waals surface area contributed by atoms with Crippen molar-refractivity contribution in [2.24, 2.45) is 5.41 Å². The Morgan fingerprint density at radius 1 is 1.00 bits per heavy atom. The van der Waals surface area contributed by atoms with E-state index in [-0.39, 0.29) is 17.4 Å². The Bertz CT molecular complexity index is 1100. The lowest BCUT2D eigenvalue weighted by molar-refractivity contribution is -0.127. The molecule has 0 saturated carbocycles. The SMILES string of the molecule is CCN1C(=O)C(C)(C)COc2ccc(NS(=O)(=O)c3ccc4c(c3)OCCO4)cc21. The van der Waals surface area contributed by atoms with Gasteiger partial charge in [0, 0.05) is 12.6 Å².